The summed E-state index contributed by atoms with van der Waals surface area (Å²) in [5.74, 6) is -1.48. The molecule has 3 aromatic rings. The smallest absolute Gasteiger partial charge is 0.355 e. The first kappa shape index (κ1) is 25.9. The molecule has 0 atom stereocenters. The number of aromatic amines is 1. The van der Waals surface area contributed by atoms with Crippen LogP contribution in [-0.4, -0.2) is 64.4 Å². The Labute approximate surface area is 201 Å². The number of benzene rings is 1. The Morgan fingerprint density at radius 3 is 2.35 bits per heavy atom. The van der Waals surface area contributed by atoms with Gasteiger partial charge in [-0.05, 0) is 43.1 Å². The number of halogens is 1. The predicted molar refractivity (Wildman–Crippen MR) is 130 cm³/mol. The van der Waals surface area contributed by atoms with Crippen LogP contribution in [0, 0.1) is 5.82 Å². The van der Waals surface area contributed by atoms with Crippen molar-refractivity contribution >= 4 is 27.3 Å². The summed E-state index contributed by atoms with van der Waals surface area (Å²) < 4.78 is 38.5. The van der Waals surface area contributed by atoms with Gasteiger partial charge in [-0.15, -0.1) is 11.3 Å². The number of rotatable bonds is 5. The third kappa shape index (κ3) is 6.26. The lowest BCUT2D eigenvalue weighted by Crippen LogP contribution is -2.37. The molecule has 0 saturated carbocycles. The van der Waals surface area contributed by atoms with E-state index in [1.165, 1.54) is 39.4 Å². The van der Waals surface area contributed by atoms with Crippen LogP contribution in [0.15, 0.2) is 29.6 Å². The molecular formula is C22H28FN5O4S2. The van der Waals surface area contributed by atoms with Gasteiger partial charge in [0.1, 0.15) is 16.5 Å². The SMILES string of the molecule is CC(C)N.CS(=O)(=O)N1CCC(c2[nH]nc(-c3ccc(F)cc3)c2-c2nc(C(=O)O)cs2)CC1. The van der Waals surface area contributed by atoms with Gasteiger partial charge in [0.05, 0.1) is 11.8 Å². The summed E-state index contributed by atoms with van der Waals surface area (Å²) in [5, 5.41) is 18.7. The molecule has 2 aromatic heterocycles. The lowest BCUT2D eigenvalue weighted by Gasteiger charge is -2.30. The molecule has 34 heavy (non-hydrogen) atoms. The number of piperidine rings is 1. The van der Waals surface area contributed by atoms with Gasteiger partial charge in [0.25, 0.3) is 0 Å². The molecule has 1 saturated heterocycles. The van der Waals surface area contributed by atoms with Crippen LogP contribution in [0.3, 0.4) is 0 Å². The number of hydrogen-bond acceptors (Lipinski definition) is 7. The third-order valence-electron chi connectivity index (χ3n) is 5.18. The Hall–Kier alpha value is -2.67. The number of carboxylic acids is 1. The van der Waals surface area contributed by atoms with Crippen LogP contribution in [-0.2, 0) is 10.0 Å². The summed E-state index contributed by atoms with van der Waals surface area (Å²) >= 11 is 1.20. The van der Waals surface area contributed by atoms with E-state index in [0.717, 1.165) is 5.69 Å². The molecule has 4 rings (SSSR count). The lowest BCUT2D eigenvalue weighted by atomic mass is 9.91. The van der Waals surface area contributed by atoms with Gasteiger partial charge in [0.2, 0.25) is 10.0 Å². The fourth-order valence-electron chi connectivity index (χ4n) is 3.65. The first-order valence-corrected chi connectivity index (χ1v) is 13.4. The minimum Gasteiger partial charge on any atom is -0.476 e. The van der Waals surface area contributed by atoms with E-state index in [4.69, 9.17) is 5.73 Å². The highest BCUT2D eigenvalue weighted by Crippen LogP contribution is 2.41. The topological polar surface area (TPSA) is 142 Å². The molecule has 1 aliphatic rings. The zero-order valence-electron chi connectivity index (χ0n) is 19.2. The van der Waals surface area contributed by atoms with Gasteiger partial charge in [-0.1, -0.05) is 13.8 Å². The molecule has 1 aliphatic heterocycles. The van der Waals surface area contributed by atoms with E-state index in [0.29, 0.717) is 53.8 Å². The van der Waals surface area contributed by atoms with E-state index >= 15 is 0 Å². The summed E-state index contributed by atoms with van der Waals surface area (Å²) in [6.07, 6.45) is 2.40. The summed E-state index contributed by atoms with van der Waals surface area (Å²) in [6.45, 7) is 4.68. The molecule has 4 N–H and O–H groups in total. The molecule has 0 bridgehead atoms. The molecule has 12 heteroatoms. The van der Waals surface area contributed by atoms with Crippen LogP contribution in [0.2, 0.25) is 0 Å². The zero-order chi connectivity index (χ0) is 25.0. The van der Waals surface area contributed by atoms with Crippen LogP contribution in [0.25, 0.3) is 21.8 Å². The number of aromatic carboxylic acids is 1. The number of H-pyrrole nitrogens is 1. The number of sulfonamides is 1. The second-order valence-electron chi connectivity index (χ2n) is 8.39. The number of hydrogen-bond donors (Lipinski definition) is 3. The Morgan fingerprint density at radius 1 is 1.26 bits per heavy atom. The molecule has 0 radical (unpaired) electrons. The van der Waals surface area contributed by atoms with Gasteiger partial charge in [-0.2, -0.15) is 5.10 Å². The minimum absolute atomic E-state index is 0.0110. The largest absolute Gasteiger partial charge is 0.476 e. The van der Waals surface area contributed by atoms with Gasteiger partial charge >= 0.3 is 5.97 Å². The summed E-state index contributed by atoms with van der Waals surface area (Å²) in [6, 6.07) is 6.22. The Kier molecular flexibility index (Phi) is 8.18. The molecule has 3 heterocycles. The van der Waals surface area contributed by atoms with Crippen molar-refractivity contribution in [3.63, 3.8) is 0 Å². The van der Waals surface area contributed by atoms with Gasteiger partial charge in [-0.25, -0.2) is 26.9 Å². The van der Waals surface area contributed by atoms with E-state index in [1.54, 1.807) is 12.1 Å². The molecule has 0 spiro atoms. The molecule has 0 amide bonds. The van der Waals surface area contributed by atoms with Crippen LogP contribution in [0.5, 0.6) is 0 Å². The van der Waals surface area contributed by atoms with Crippen LogP contribution in [0.4, 0.5) is 4.39 Å². The molecule has 184 valence electrons. The molecule has 0 unspecified atom stereocenters. The first-order chi connectivity index (χ1) is 16.0. The lowest BCUT2D eigenvalue weighted by molar-refractivity contribution is 0.0691. The molecular weight excluding hydrogens is 481 g/mol. The number of nitrogens with one attached hydrogen (secondary N) is 1. The van der Waals surface area contributed by atoms with Crippen molar-refractivity contribution < 1.29 is 22.7 Å². The second kappa shape index (κ2) is 10.7. The maximum atomic E-state index is 13.4. The summed E-state index contributed by atoms with van der Waals surface area (Å²) in [5.41, 5.74) is 7.75. The van der Waals surface area contributed by atoms with Gasteiger partial charge in [0, 0.05) is 35.6 Å². The van der Waals surface area contributed by atoms with Crippen molar-refractivity contribution in [3.05, 3.63) is 46.9 Å². The Morgan fingerprint density at radius 2 is 1.85 bits per heavy atom. The van der Waals surface area contributed by atoms with Crippen molar-refractivity contribution in [2.75, 3.05) is 19.3 Å². The Balaban J connectivity index is 0.000000751. The predicted octanol–water partition coefficient (Wildman–Crippen LogP) is 3.53. The molecule has 0 aliphatic carbocycles. The average Bonchev–Trinajstić information content (AvgIpc) is 3.41. The first-order valence-electron chi connectivity index (χ1n) is 10.7. The molecule has 1 aromatic carbocycles. The number of aromatic nitrogens is 3. The summed E-state index contributed by atoms with van der Waals surface area (Å²) in [7, 11) is -3.25. The van der Waals surface area contributed by atoms with Crippen molar-refractivity contribution in [2.45, 2.75) is 38.6 Å². The zero-order valence-corrected chi connectivity index (χ0v) is 20.8. The quantitative estimate of drug-likeness (QED) is 0.477. The standard InChI is InChI=1S/C19H19FN4O4S2.C3H9N/c1-30(27,28)24-8-6-12(7-9-24)17-15(18-21-14(10-29-18)19(25)26)16(22-23-17)11-2-4-13(20)5-3-11;1-3(2)4/h2-5,10,12H,6-9H2,1H3,(H,22,23)(H,25,26);3H,4H2,1-2H3. The molecule has 1 fully saturated rings. The van der Waals surface area contributed by atoms with Crippen molar-refractivity contribution in [3.8, 4) is 21.8 Å². The van der Waals surface area contributed by atoms with Crippen LogP contribution >= 0.6 is 11.3 Å². The maximum absolute atomic E-state index is 13.4. The fraction of sp³-hybridized carbons (Fsp3) is 0.409. The van der Waals surface area contributed by atoms with E-state index in [-0.39, 0.29) is 17.4 Å². The van der Waals surface area contributed by atoms with E-state index in [2.05, 4.69) is 15.2 Å². The van der Waals surface area contributed by atoms with Gasteiger partial charge in [-0.3, -0.25) is 5.10 Å². The number of nitrogens with two attached hydrogens (primary N) is 1. The third-order valence-corrected chi connectivity index (χ3v) is 7.34. The highest BCUT2D eigenvalue weighted by Gasteiger charge is 2.31. The van der Waals surface area contributed by atoms with Gasteiger partial charge in [0.15, 0.2) is 5.69 Å². The van der Waals surface area contributed by atoms with E-state index < -0.39 is 16.0 Å². The fourth-order valence-corrected chi connectivity index (χ4v) is 5.37. The van der Waals surface area contributed by atoms with E-state index in [1.807, 2.05) is 13.8 Å². The number of carboxylic acid groups (broad SMARTS) is 1. The number of carbonyl (C=O) groups is 1. The highest BCUT2D eigenvalue weighted by atomic mass is 32.2. The molecule has 9 nitrogen and oxygen atoms in total. The van der Waals surface area contributed by atoms with Gasteiger partial charge < -0.3 is 10.8 Å². The van der Waals surface area contributed by atoms with E-state index in [9.17, 15) is 22.7 Å². The summed E-state index contributed by atoms with van der Waals surface area (Å²) in [4.78, 5) is 15.6. The van der Waals surface area contributed by atoms with Crippen molar-refractivity contribution in [2.24, 2.45) is 5.73 Å². The minimum atomic E-state index is -3.25. The highest BCUT2D eigenvalue weighted by molar-refractivity contribution is 7.88. The average molecular weight is 510 g/mol. The normalized spacial score (nSPS) is 15.2. The van der Waals surface area contributed by atoms with Crippen LogP contribution < -0.4 is 5.73 Å². The second-order valence-corrected chi connectivity index (χ2v) is 11.2. The van der Waals surface area contributed by atoms with Crippen molar-refractivity contribution in [1.29, 1.82) is 0 Å². The number of thiazole rings is 1. The number of nitrogens with zero attached hydrogens (tertiary/aromatic N) is 3. The van der Waals surface area contributed by atoms with Crippen LogP contribution in [0.1, 0.15) is 48.8 Å². The maximum Gasteiger partial charge on any atom is 0.355 e. The Bertz CT molecular complexity index is 1230. The monoisotopic (exact) mass is 509 g/mol. The van der Waals surface area contributed by atoms with Crippen molar-refractivity contribution in [1.82, 2.24) is 19.5 Å².